The van der Waals surface area contributed by atoms with Crippen molar-refractivity contribution in [1.29, 1.82) is 0 Å². The van der Waals surface area contributed by atoms with E-state index >= 15 is 0 Å². The van der Waals surface area contributed by atoms with Crippen molar-refractivity contribution < 1.29 is 10.0 Å². The molecule has 3 heteroatoms. The molecule has 2 saturated carbocycles. The summed E-state index contributed by atoms with van der Waals surface area (Å²) < 4.78 is 0. The van der Waals surface area contributed by atoms with Crippen LogP contribution in [0.2, 0.25) is 0 Å². The highest BCUT2D eigenvalue weighted by Crippen LogP contribution is 2.46. The Balaban J connectivity index is 1.69. The molecule has 3 nitrogen and oxygen atoms in total. The molecular weight excluding hydrogens is 226 g/mol. The van der Waals surface area contributed by atoms with Gasteiger partial charge in [0.05, 0.1) is 5.54 Å². The molecule has 0 radical (unpaired) electrons. The van der Waals surface area contributed by atoms with Gasteiger partial charge in [-0.2, -0.15) is 0 Å². The summed E-state index contributed by atoms with van der Waals surface area (Å²) >= 11 is 0. The maximum absolute atomic E-state index is 12.0. The van der Waals surface area contributed by atoms with Gasteiger partial charge in [0.15, 0.2) is 0 Å². The molecule has 2 rings (SSSR count). The lowest BCUT2D eigenvalue weighted by molar-refractivity contribution is -0.180. The van der Waals surface area contributed by atoms with Gasteiger partial charge < -0.3 is 0 Å². The molecule has 2 atom stereocenters. The molecule has 1 amide bonds. The molecular formula is C15H25NO2. The van der Waals surface area contributed by atoms with Crippen LogP contribution in [0.3, 0.4) is 0 Å². The minimum atomic E-state index is -0.255. The zero-order valence-electron chi connectivity index (χ0n) is 11.6. The molecule has 1 N–H and O–H groups in total. The highest BCUT2D eigenvalue weighted by molar-refractivity contribution is 5.82. The number of carbonyl (C=O) groups is 1. The van der Waals surface area contributed by atoms with Crippen LogP contribution < -0.4 is 0 Å². The normalized spacial score (nSPS) is 28.4. The third kappa shape index (κ3) is 3.14. The monoisotopic (exact) mass is 251 g/mol. The molecule has 0 aromatic carbocycles. The fourth-order valence-corrected chi connectivity index (χ4v) is 2.31. The lowest BCUT2D eigenvalue weighted by Gasteiger charge is -2.21. The topological polar surface area (TPSA) is 40.5 Å². The van der Waals surface area contributed by atoms with Crippen molar-refractivity contribution in [3.05, 3.63) is 12.2 Å². The van der Waals surface area contributed by atoms with Gasteiger partial charge in [-0.1, -0.05) is 31.9 Å². The Morgan fingerprint density at radius 2 is 2.17 bits per heavy atom. The summed E-state index contributed by atoms with van der Waals surface area (Å²) in [7, 11) is 0. The molecule has 0 spiro atoms. The Kier molecular flexibility index (Phi) is 4.10. The van der Waals surface area contributed by atoms with Crippen molar-refractivity contribution >= 4 is 5.91 Å². The van der Waals surface area contributed by atoms with Crippen LogP contribution in [0.1, 0.15) is 58.8 Å². The first-order chi connectivity index (χ1) is 8.58. The highest BCUT2D eigenvalue weighted by Gasteiger charge is 2.51. The Bertz CT molecular complexity index is 333. The lowest BCUT2D eigenvalue weighted by Crippen LogP contribution is -2.38. The Labute approximate surface area is 110 Å². The first kappa shape index (κ1) is 13.6. The maximum atomic E-state index is 12.0. The fraction of sp³-hybridized carbons (Fsp3) is 0.800. The van der Waals surface area contributed by atoms with Crippen molar-refractivity contribution in [2.75, 3.05) is 0 Å². The average Bonchev–Trinajstić information content (AvgIpc) is 3.25. The molecule has 102 valence electrons. The predicted octanol–water partition coefficient (Wildman–Crippen LogP) is 3.53. The van der Waals surface area contributed by atoms with Crippen molar-refractivity contribution in [2.24, 2.45) is 11.8 Å². The first-order valence-electron chi connectivity index (χ1n) is 7.28. The van der Waals surface area contributed by atoms with Crippen LogP contribution in [0.25, 0.3) is 0 Å². The third-order valence-corrected chi connectivity index (χ3v) is 4.21. The van der Waals surface area contributed by atoms with Crippen molar-refractivity contribution in [2.45, 2.75) is 64.3 Å². The van der Waals surface area contributed by atoms with Gasteiger partial charge >= 0.3 is 0 Å². The minimum absolute atomic E-state index is 0.0369. The van der Waals surface area contributed by atoms with E-state index in [1.54, 1.807) is 0 Å². The molecule has 2 fully saturated rings. The van der Waals surface area contributed by atoms with Gasteiger partial charge in [0, 0.05) is 5.92 Å². The molecule has 0 saturated heterocycles. The highest BCUT2D eigenvalue weighted by atomic mass is 16.5. The van der Waals surface area contributed by atoms with Crippen molar-refractivity contribution in [3.63, 3.8) is 0 Å². The van der Waals surface area contributed by atoms with Gasteiger partial charge in [-0.05, 0) is 44.9 Å². The smallest absolute Gasteiger partial charge is 0.250 e. The summed E-state index contributed by atoms with van der Waals surface area (Å²) in [5.74, 6) is 0.337. The molecule has 1 unspecified atom stereocenters. The number of allylic oxidation sites excluding steroid dienone is 2. The van der Waals surface area contributed by atoms with Crippen LogP contribution in [0.4, 0.5) is 0 Å². The van der Waals surface area contributed by atoms with Gasteiger partial charge in [-0.25, -0.2) is 5.06 Å². The summed E-state index contributed by atoms with van der Waals surface area (Å²) in [6, 6.07) is 0. The average molecular weight is 251 g/mol. The quantitative estimate of drug-likeness (QED) is 0.325. The third-order valence-electron chi connectivity index (χ3n) is 4.21. The minimum Gasteiger partial charge on any atom is -0.285 e. The van der Waals surface area contributed by atoms with Gasteiger partial charge in [0.25, 0.3) is 0 Å². The molecule has 0 bridgehead atoms. The van der Waals surface area contributed by atoms with E-state index in [9.17, 15) is 10.0 Å². The first-order valence-corrected chi connectivity index (χ1v) is 7.28. The van der Waals surface area contributed by atoms with Crippen LogP contribution >= 0.6 is 0 Å². The second-order valence-electron chi connectivity index (χ2n) is 6.08. The summed E-state index contributed by atoms with van der Waals surface area (Å²) in [6.45, 7) is 4.15. The molecule has 2 aliphatic rings. The maximum Gasteiger partial charge on any atom is 0.250 e. The zero-order valence-corrected chi connectivity index (χ0v) is 11.6. The van der Waals surface area contributed by atoms with E-state index in [-0.39, 0.29) is 17.4 Å². The number of hydrogen-bond acceptors (Lipinski definition) is 2. The second-order valence-corrected chi connectivity index (χ2v) is 6.08. The van der Waals surface area contributed by atoms with Crippen molar-refractivity contribution in [1.82, 2.24) is 5.06 Å². The Morgan fingerprint density at radius 3 is 2.78 bits per heavy atom. The summed E-state index contributed by atoms with van der Waals surface area (Å²) in [4.78, 5) is 12.0. The number of unbranched alkanes of at least 4 members (excludes halogenated alkanes) is 3. The largest absolute Gasteiger partial charge is 0.285 e. The van der Waals surface area contributed by atoms with E-state index in [0.29, 0.717) is 5.92 Å². The van der Waals surface area contributed by atoms with E-state index < -0.39 is 0 Å². The number of amides is 1. The van der Waals surface area contributed by atoms with E-state index in [4.69, 9.17) is 0 Å². The van der Waals surface area contributed by atoms with Gasteiger partial charge in [0.2, 0.25) is 5.91 Å². The summed E-state index contributed by atoms with van der Waals surface area (Å²) in [5, 5.41) is 10.8. The van der Waals surface area contributed by atoms with Crippen LogP contribution in [0.5, 0.6) is 0 Å². The summed E-state index contributed by atoms with van der Waals surface area (Å²) in [5.41, 5.74) is -0.255. The van der Waals surface area contributed by atoms with Gasteiger partial charge in [-0.3, -0.25) is 10.0 Å². The molecule has 0 aliphatic heterocycles. The molecule has 2 aliphatic carbocycles. The second kappa shape index (κ2) is 5.43. The van der Waals surface area contributed by atoms with E-state index in [1.165, 1.54) is 19.3 Å². The Hall–Kier alpha value is -0.830. The van der Waals surface area contributed by atoms with Crippen molar-refractivity contribution in [3.8, 4) is 0 Å². The number of carbonyl (C=O) groups excluding carboxylic acids is 1. The molecule has 0 aromatic heterocycles. The van der Waals surface area contributed by atoms with E-state index in [2.05, 4.69) is 19.1 Å². The molecule has 0 aromatic rings. The predicted molar refractivity (Wildman–Crippen MR) is 71.2 cm³/mol. The van der Waals surface area contributed by atoms with E-state index in [0.717, 1.165) is 30.7 Å². The van der Waals surface area contributed by atoms with Crippen LogP contribution in [0, 0.1) is 11.8 Å². The Morgan fingerprint density at radius 1 is 1.44 bits per heavy atom. The number of nitrogens with zero attached hydrogens (tertiary/aromatic N) is 1. The fourth-order valence-electron chi connectivity index (χ4n) is 2.31. The van der Waals surface area contributed by atoms with Gasteiger partial charge in [0.1, 0.15) is 0 Å². The lowest BCUT2D eigenvalue weighted by atomic mass is 10.2. The van der Waals surface area contributed by atoms with Crippen LogP contribution in [-0.2, 0) is 4.79 Å². The number of rotatable bonds is 7. The van der Waals surface area contributed by atoms with Crippen LogP contribution in [-0.4, -0.2) is 21.7 Å². The summed E-state index contributed by atoms with van der Waals surface area (Å²) in [6.07, 6.45) is 12.0. The zero-order chi connectivity index (χ0) is 13.2. The molecule has 18 heavy (non-hydrogen) atoms. The van der Waals surface area contributed by atoms with Gasteiger partial charge in [-0.15, -0.1) is 0 Å². The SMILES string of the molecule is CCCCC/C=C\C1C[C@@H]1C(=O)N(O)C1(C)CC1. The molecule has 0 heterocycles. The number of hydrogen-bond donors (Lipinski definition) is 1. The van der Waals surface area contributed by atoms with E-state index in [1.807, 2.05) is 6.92 Å². The number of hydroxylamine groups is 2. The standard InChI is InChI=1S/C15H25NO2/c1-3-4-5-6-7-8-12-11-13(12)14(17)16(18)15(2)9-10-15/h7-8,12-13,18H,3-6,9-11H2,1-2H3/b8-7-/t12?,13-/m0/s1. The van der Waals surface area contributed by atoms with Crippen LogP contribution in [0.15, 0.2) is 12.2 Å².